The molecule has 3 N–H and O–H groups in total. The van der Waals surface area contributed by atoms with Crippen molar-refractivity contribution >= 4 is 29.3 Å². The summed E-state index contributed by atoms with van der Waals surface area (Å²) >= 11 is 5.78. The molecule has 1 aromatic carbocycles. The molecule has 0 heterocycles. The van der Waals surface area contributed by atoms with E-state index in [1.54, 1.807) is 24.3 Å². The van der Waals surface area contributed by atoms with Crippen LogP contribution in [0.1, 0.15) is 32.1 Å². The van der Waals surface area contributed by atoms with Gasteiger partial charge < -0.3 is 15.7 Å². The van der Waals surface area contributed by atoms with Crippen molar-refractivity contribution in [2.24, 2.45) is 5.92 Å². The molecule has 0 unspecified atom stereocenters. The summed E-state index contributed by atoms with van der Waals surface area (Å²) in [6.45, 7) is 0. The Balaban J connectivity index is 1.74. The van der Waals surface area contributed by atoms with E-state index in [9.17, 15) is 9.59 Å². The number of carbonyl (C=O) groups excluding carboxylic acids is 1. The number of halogens is 1. The highest BCUT2D eigenvalue weighted by Gasteiger charge is 2.23. The lowest BCUT2D eigenvalue weighted by atomic mass is 9.84. The number of aliphatic carboxylic acids is 1. The zero-order valence-corrected chi connectivity index (χ0v) is 12.4. The molecule has 2 amide bonds. The molecule has 1 aromatic rings. The summed E-state index contributed by atoms with van der Waals surface area (Å²) < 4.78 is 0. The average Bonchev–Trinajstić information content (AvgIpc) is 2.43. The summed E-state index contributed by atoms with van der Waals surface area (Å²) in [6, 6.07) is 6.79. The molecule has 0 atom stereocenters. The maximum absolute atomic E-state index is 11.9. The summed E-state index contributed by atoms with van der Waals surface area (Å²) in [6.07, 6.45) is 3.57. The minimum Gasteiger partial charge on any atom is -0.481 e. The monoisotopic (exact) mass is 310 g/mol. The number of carboxylic acid groups (broad SMARTS) is 1. The van der Waals surface area contributed by atoms with Crippen LogP contribution in [0.25, 0.3) is 0 Å². The maximum Gasteiger partial charge on any atom is 0.319 e. The lowest BCUT2D eigenvalue weighted by Crippen LogP contribution is -2.40. The fourth-order valence-electron chi connectivity index (χ4n) is 2.64. The minimum absolute atomic E-state index is 0.113. The Morgan fingerprint density at radius 3 is 2.33 bits per heavy atom. The molecule has 21 heavy (non-hydrogen) atoms. The topological polar surface area (TPSA) is 78.4 Å². The first kappa shape index (κ1) is 15.6. The summed E-state index contributed by atoms with van der Waals surface area (Å²) in [4.78, 5) is 22.5. The SMILES string of the molecule is O=C(O)CC1CCC(NC(=O)Nc2ccc(Cl)cc2)CC1. The minimum atomic E-state index is -0.744. The third-order valence-corrected chi connectivity index (χ3v) is 4.00. The molecule has 0 aromatic heterocycles. The molecule has 2 rings (SSSR count). The van der Waals surface area contributed by atoms with Gasteiger partial charge in [0, 0.05) is 23.2 Å². The Morgan fingerprint density at radius 2 is 1.76 bits per heavy atom. The number of benzene rings is 1. The van der Waals surface area contributed by atoms with Crippen molar-refractivity contribution in [1.82, 2.24) is 5.32 Å². The van der Waals surface area contributed by atoms with Crippen molar-refractivity contribution < 1.29 is 14.7 Å². The standard InChI is InChI=1S/C15H19ClN2O3/c16-11-3-7-13(8-4-11)18-15(21)17-12-5-1-10(2-6-12)9-14(19)20/h3-4,7-8,10,12H,1-2,5-6,9H2,(H,19,20)(H2,17,18,21). The van der Waals surface area contributed by atoms with Crippen molar-refractivity contribution in [3.05, 3.63) is 29.3 Å². The fraction of sp³-hybridized carbons (Fsp3) is 0.467. The lowest BCUT2D eigenvalue weighted by Gasteiger charge is -2.28. The Morgan fingerprint density at radius 1 is 1.14 bits per heavy atom. The van der Waals surface area contributed by atoms with Crippen LogP contribution in [0.3, 0.4) is 0 Å². The van der Waals surface area contributed by atoms with Crippen LogP contribution in [0, 0.1) is 5.92 Å². The summed E-state index contributed by atoms with van der Waals surface area (Å²) in [7, 11) is 0. The molecule has 6 heteroatoms. The van der Waals surface area contributed by atoms with E-state index >= 15 is 0 Å². The number of amides is 2. The predicted molar refractivity (Wildman–Crippen MR) is 81.6 cm³/mol. The van der Waals surface area contributed by atoms with Gasteiger partial charge >= 0.3 is 12.0 Å². The van der Waals surface area contributed by atoms with Crippen molar-refractivity contribution in [2.45, 2.75) is 38.1 Å². The highest BCUT2D eigenvalue weighted by Crippen LogP contribution is 2.26. The van der Waals surface area contributed by atoms with Crippen LogP contribution >= 0.6 is 11.6 Å². The van der Waals surface area contributed by atoms with Crippen molar-refractivity contribution in [2.75, 3.05) is 5.32 Å². The van der Waals surface area contributed by atoms with E-state index in [1.807, 2.05) is 0 Å². The van der Waals surface area contributed by atoms with Crippen LogP contribution in [-0.4, -0.2) is 23.1 Å². The molecule has 1 aliphatic rings. The third-order valence-electron chi connectivity index (χ3n) is 3.75. The van der Waals surface area contributed by atoms with Gasteiger partial charge in [-0.2, -0.15) is 0 Å². The Labute approximate surface area is 128 Å². The van der Waals surface area contributed by atoms with Gasteiger partial charge in [-0.25, -0.2) is 4.79 Å². The number of rotatable bonds is 4. The van der Waals surface area contributed by atoms with Crippen LogP contribution < -0.4 is 10.6 Å². The normalized spacial score (nSPS) is 21.6. The molecule has 0 radical (unpaired) electrons. The van der Waals surface area contributed by atoms with E-state index in [0.717, 1.165) is 25.7 Å². The molecule has 0 saturated heterocycles. The van der Waals surface area contributed by atoms with Crippen molar-refractivity contribution in [1.29, 1.82) is 0 Å². The Hall–Kier alpha value is -1.75. The average molecular weight is 311 g/mol. The summed E-state index contributed by atoms with van der Waals surface area (Å²) in [5.74, 6) is -0.508. The van der Waals surface area contributed by atoms with Gasteiger partial charge in [0.25, 0.3) is 0 Å². The maximum atomic E-state index is 11.9. The number of anilines is 1. The summed E-state index contributed by atoms with van der Waals surface area (Å²) in [5, 5.41) is 15.1. The second-order valence-corrected chi connectivity index (χ2v) is 5.86. The van der Waals surface area contributed by atoms with Gasteiger partial charge in [-0.3, -0.25) is 4.79 Å². The number of carboxylic acids is 1. The van der Waals surface area contributed by atoms with Gasteiger partial charge in [-0.05, 0) is 55.9 Å². The zero-order valence-electron chi connectivity index (χ0n) is 11.6. The number of nitrogens with one attached hydrogen (secondary N) is 2. The second-order valence-electron chi connectivity index (χ2n) is 5.42. The number of urea groups is 1. The second kappa shape index (κ2) is 7.31. The zero-order chi connectivity index (χ0) is 15.2. The van der Waals surface area contributed by atoms with E-state index in [2.05, 4.69) is 10.6 Å². The fourth-order valence-corrected chi connectivity index (χ4v) is 2.77. The molecule has 0 bridgehead atoms. The summed E-state index contributed by atoms with van der Waals surface area (Å²) in [5.41, 5.74) is 0.691. The number of hydrogen-bond donors (Lipinski definition) is 3. The van der Waals surface area contributed by atoms with Crippen LogP contribution in [0.5, 0.6) is 0 Å². The van der Waals surface area contributed by atoms with Crippen LogP contribution in [0.2, 0.25) is 5.02 Å². The lowest BCUT2D eigenvalue weighted by molar-refractivity contribution is -0.138. The molecular weight excluding hydrogens is 292 g/mol. The van der Waals surface area contributed by atoms with Crippen LogP contribution in [0.4, 0.5) is 10.5 Å². The smallest absolute Gasteiger partial charge is 0.319 e. The quantitative estimate of drug-likeness (QED) is 0.796. The molecule has 0 spiro atoms. The first-order valence-corrected chi connectivity index (χ1v) is 7.45. The van der Waals surface area contributed by atoms with Crippen molar-refractivity contribution in [3.63, 3.8) is 0 Å². The third kappa shape index (κ3) is 5.27. The van der Waals surface area contributed by atoms with E-state index in [4.69, 9.17) is 16.7 Å². The van der Waals surface area contributed by atoms with E-state index in [0.29, 0.717) is 10.7 Å². The molecule has 1 aliphatic carbocycles. The first-order chi connectivity index (χ1) is 10.0. The molecule has 1 fully saturated rings. The Bertz CT molecular complexity index is 496. The molecule has 114 valence electrons. The molecule has 1 saturated carbocycles. The van der Waals surface area contributed by atoms with Gasteiger partial charge in [0.15, 0.2) is 0 Å². The highest BCUT2D eigenvalue weighted by molar-refractivity contribution is 6.30. The van der Waals surface area contributed by atoms with E-state index in [1.165, 1.54) is 0 Å². The number of hydrogen-bond acceptors (Lipinski definition) is 2. The predicted octanol–water partition coefficient (Wildman–Crippen LogP) is 3.50. The van der Waals surface area contributed by atoms with Gasteiger partial charge in [-0.15, -0.1) is 0 Å². The van der Waals surface area contributed by atoms with Crippen LogP contribution in [-0.2, 0) is 4.79 Å². The van der Waals surface area contributed by atoms with Gasteiger partial charge in [0.2, 0.25) is 0 Å². The number of carbonyl (C=O) groups is 2. The Kier molecular flexibility index (Phi) is 5.44. The van der Waals surface area contributed by atoms with Crippen molar-refractivity contribution in [3.8, 4) is 0 Å². The molecular formula is C15H19ClN2O3. The largest absolute Gasteiger partial charge is 0.481 e. The van der Waals surface area contributed by atoms with Gasteiger partial charge in [-0.1, -0.05) is 11.6 Å². The van der Waals surface area contributed by atoms with Crippen LogP contribution in [0.15, 0.2) is 24.3 Å². The van der Waals surface area contributed by atoms with E-state index < -0.39 is 5.97 Å². The highest BCUT2D eigenvalue weighted by atomic mass is 35.5. The molecule has 0 aliphatic heterocycles. The van der Waals surface area contributed by atoms with Gasteiger partial charge in [0.1, 0.15) is 0 Å². The van der Waals surface area contributed by atoms with E-state index in [-0.39, 0.29) is 24.4 Å². The molecule has 5 nitrogen and oxygen atoms in total. The first-order valence-electron chi connectivity index (χ1n) is 7.08. The van der Waals surface area contributed by atoms with Gasteiger partial charge in [0.05, 0.1) is 0 Å².